The summed E-state index contributed by atoms with van der Waals surface area (Å²) in [5.74, 6) is 0.879. The molecule has 1 fully saturated rings. The van der Waals surface area contributed by atoms with Crippen molar-refractivity contribution in [2.75, 3.05) is 32.8 Å². The third-order valence-corrected chi connectivity index (χ3v) is 4.89. The summed E-state index contributed by atoms with van der Waals surface area (Å²) in [7, 11) is 0. The third kappa shape index (κ3) is 6.42. The van der Waals surface area contributed by atoms with Crippen LogP contribution in [0.25, 0.3) is 11.3 Å². The lowest BCUT2D eigenvalue weighted by atomic mass is 10.0. The number of halogens is 1. The summed E-state index contributed by atoms with van der Waals surface area (Å²) in [5.41, 5.74) is 1.33. The van der Waals surface area contributed by atoms with Crippen LogP contribution >= 0.6 is 0 Å². The summed E-state index contributed by atoms with van der Waals surface area (Å²) in [5, 5.41) is 6.80. The lowest BCUT2D eigenvalue weighted by Gasteiger charge is -2.30. The first kappa shape index (κ1) is 20.5. The van der Waals surface area contributed by atoms with Gasteiger partial charge in [0, 0.05) is 24.7 Å². The Morgan fingerprint density at radius 2 is 2.21 bits per heavy atom. The number of benzene rings is 1. The van der Waals surface area contributed by atoms with Crippen molar-refractivity contribution in [3.05, 3.63) is 41.8 Å². The molecule has 1 atom stereocenters. The van der Waals surface area contributed by atoms with E-state index in [2.05, 4.69) is 22.3 Å². The predicted octanol–water partition coefficient (Wildman–Crippen LogP) is 3.24. The lowest BCUT2D eigenvalue weighted by molar-refractivity contribution is -0.126. The predicted molar refractivity (Wildman–Crippen MR) is 104 cm³/mol. The van der Waals surface area contributed by atoms with Gasteiger partial charge in [-0.15, -0.1) is 0 Å². The molecule has 1 aliphatic heterocycles. The van der Waals surface area contributed by atoms with Gasteiger partial charge in [0.05, 0.1) is 6.61 Å². The van der Waals surface area contributed by atoms with E-state index < -0.39 is 0 Å². The number of rotatable bonds is 9. The van der Waals surface area contributed by atoms with Crippen LogP contribution in [0, 0.1) is 11.7 Å². The molecule has 6 nitrogen and oxygen atoms in total. The van der Waals surface area contributed by atoms with E-state index in [0.717, 1.165) is 31.0 Å². The molecular formula is C21H28FN3O3. The number of nitrogens with zero attached hydrogens (tertiary/aromatic N) is 2. The van der Waals surface area contributed by atoms with Crippen molar-refractivity contribution in [2.24, 2.45) is 5.92 Å². The fourth-order valence-electron chi connectivity index (χ4n) is 3.45. The quantitative estimate of drug-likeness (QED) is 0.667. The van der Waals surface area contributed by atoms with Gasteiger partial charge in [-0.1, -0.05) is 12.1 Å². The molecule has 1 aliphatic rings. The van der Waals surface area contributed by atoms with Crippen LogP contribution in [0.15, 0.2) is 34.9 Å². The highest BCUT2D eigenvalue weighted by Gasteiger charge is 2.15. The maximum Gasteiger partial charge on any atom is 0.246 e. The minimum absolute atomic E-state index is 0.0144. The first-order chi connectivity index (χ1) is 13.6. The summed E-state index contributed by atoms with van der Waals surface area (Å²) < 4.78 is 23.6. The first-order valence-electron chi connectivity index (χ1n) is 9.88. The van der Waals surface area contributed by atoms with E-state index in [0.29, 0.717) is 18.0 Å². The number of piperidine rings is 1. The second-order valence-electron chi connectivity index (χ2n) is 7.43. The molecule has 2 aromatic rings. The average Bonchev–Trinajstić information content (AvgIpc) is 3.15. The number of amides is 1. The van der Waals surface area contributed by atoms with Gasteiger partial charge in [-0.05, 0) is 62.5 Å². The zero-order valence-electron chi connectivity index (χ0n) is 16.3. The number of carbonyl (C=O) groups excluding carboxylic acids is 1. The number of ether oxygens (including phenoxy) is 1. The Balaban J connectivity index is 1.29. The van der Waals surface area contributed by atoms with Crippen LogP contribution in [0.3, 0.4) is 0 Å². The molecule has 2 heterocycles. The Morgan fingerprint density at radius 1 is 1.39 bits per heavy atom. The molecule has 0 saturated carbocycles. The molecule has 0 spiro atoms. The molecular weight excluding hydrogens is 361 g/mol. The number of hydrogen-bond donors (Lipinski definition) is 1. The van der Waals surface area contributed by atoms with Gasteiger partial charge in [0.25, 0.3) is 0 Å². The van der Waals surface area contributed by atoms with Crippen LogP contribution in [0.4, 0.5) is 4.39 Å². The van der Waals surface area contributed by atoms with Crippen molar-refractivity contribution >= 4 is 5.91 Å². The number of likely N-dealkylation sites (tertiary alicyclic amines) is 1. The summed E-state index contributed by atoms with van der Waals surface area (Å²) >= 11 is 0. The molecule has 3 rings (SSSR count). The van der Waals surface area contributed by atoms with E-state index in [9.17, 15) is 9.18 Å². The molecule has 1 saturated heterocycles. The largest absolute Gasteiger partial charge is 0.365 e. The van der Waals surface area contributed by atoms with Crippen molar-refractivity contribution in [1.29, 1.82) is 0 Å². The Kier molecular flexibility index (Phi) is 7.56. The monoisotopic (exact) mass is 389 g/mol. The normalized spacial score (nSPS) is 17.6. The number of aromatic nitrogens is 1. The van der Waals surface area contributed by atoms with Gasteiger partial charge >= 0.3 is 0 Å². The van der Waals surface area contributed by atoms with Gasteiger partial charge in [-0.25, -0.2) is 4.39 Å². The summed E-state index contributed by atoms with van der Waals surface area (Å²) in [6.07, 6.45) is 3.54. The standard InChI is InChI=1S/C21H28FN3O3/c1-16-4-2-10-25(13-16)11-3-9-23-21(26)15-27-14-19-12-20(28-24-19)17-5-7-18(22)8-6-17/h5-8,12,16H,2-4,9-11,13-15H2,1H3,(H,23,26). The highest BCUT2D eigenvalue weighted by molar-refractivity contribution is 5.77. The minimum Gasteiger partial charge on any atom is -0.365 e. The Hall–Kier alpha value is -2.25. The van der Waals surface area contributed by atoms with E-state index in [1.54, 1.807) is 18.2 Å². The Morgan fingerprint density at radius 3 is 3.00 bits per heavy atom. The summed E-state index contributed by atoms with van der Waals surface area (Å²) in [6, 6.07) is 7.70. The summed E-state index contributed by atoms with van der Waals surface area (Å²) in [4.78, 5) is 14.3. The van der Waals surface area contributed by atoms with Gasteiger partial charge in [-0.2, -0.15) is 0 Å². The van der Waals surface area contributed by atoms with E-state index in [-0.39, 0.29) is 24.9 Å². The van der Waals surface area contributed by atoms with E-state index in [4.69, 9.17) is 9.26 Å². The number of carbonyl (C=O) groups is 1. The first-order valence-corrected chi connectivity index (χ1v) is 9.88. The van der Waals surface area contributed by atoms with Crippen molar-refractivity contribution in [3.8, 4) is 11.3 Å². The molecule has 1 amide bonds. The SMILES string of the molecule is CC1CCCN(CCCNC(=O)COCc2cc(-c3ccc(F)cc3)on2)C1. The molecule has 152 valence electrons. The van der Waals surface area contributed by atoms with E-state index in [1.807, 2.05) is 0 Å². The highest BCUT2D eigenvalue weighted by atomic mass is 19.1. The Labute approximate surface area is 165 Å². The summed E-state index contributed by atoms with van der Waals surface area (Å²) in [6.45, 7) is 6.47. The molecule has 7 heteroatoms. The number of nitrogens with one attached hydrogen (secondary N) is 1. The molecule has 28 heavy (non-hydrogen) atoms. The van der Waals surface area contributed by atoms with E-state index in [1.165, 1.54) is 31.5 Å². The van der Waals surface area contributed by atoms with Crippen molar-refractivity contribution < 1.29 is 18.4 Å². The fourth-order valence-corrected chi connectivity index (χ4v) is 3.45. The topological polar surface area (TPSA) is 67.6 Å². The fraction of sp³-hybridized carbons (Fsp3) is 0.524. The van der Waals surface area contributed by atoms with E-state index >= 15 is 0 Å². The van der Waals surface area contributed by atoms with Gasteiger partial charge < -0.3 is 19.5 Å². The zero-order valence-corrected chi connectivity index (χ0v) is 16.3. The van der Waals surface area contributed by atoms with Crippen LogP contribution in [-0.4, -0.2) is 48.7 Å². The third-order valence-electron chi connectivity index (χ3n) is 4.89. The Bertz CT molecular complexity index is 748. The van der Waals surface area contributed by atoms with Crippen molar-refractivity contribution in [3.63, 3.8) is 0 Å². The molecule has 1 aromatic carbocycles. The van der Waals surface area contributed by atoms with Crippen LogP contribution in [-0.2, 0) is 16.1 Å². The lowest BCUT2D eigenvalue weighted by Crippen LogP contribution is -2.37. The molecule has 1 aromatic heterocycles. The smallest absolute Gasteiger partial charge is 0.246 e. The van der Waals surface area contributed by atoms with Gasteiger partial charge in [0.1, 0.15) is 18.1 Å². The maximum atomic E-state index is 13.0. The molecule has 0 aliphatic carbocycles. The second-order valence-corrected chi connectivity index (χ2v) is 7.43. The van der Waals surface area contributed by atoms with Crippen LogP contribution in [0.2, 0.25) is 0 Å². The van der Waals surface area contributed by atoms with Crippen molar-refractivity contribution in [1.82, 2.24) is 15.4 Å². The van der Waals surface area contributed by atoms with Gasteiger partial charge in [0.15, 0.2) is 5.76 Å². The van der Waals surface area contributed by atoms with Crippen LogP contribution in [0.1, 0.15) is 31.9 Å². The highest BCUT2D eigenvalue weighted by Crippen LogP contribution is 2.20. The van der Waals surface area contributed by atoms with Crippen molar-refractivity contribution in [2.45, 2.75) is 32.8 Å². The van der Waals surface area contributed by atoms with Gasteiger partial charge in [0.2, 0.25) is 5.91 Å². The van der Waals surface area contributed by atoms with Crippen LogP contribution < -0.4 is 5.32 Å². The average molecular weight is 389 g/mol. The minimum atomic E-state index is -0.302. The molecule has 1 N–H and O–H groups in total. The molecule has 0 radical (unpaired) electrons. The van der Waals surface area contributed by atoms with Crippen LogP contribution in [0.5, 0.6) is 0 Å². The van der Waals surface area contributed by atoms with Gasteiger partial charge in [-0.3, -0.25) is 4.79 Å². The maximum absolute atomic E-state index is 13.0. The zero-order chi connectivity index (χ0) is 19.8. The molecule has 1 unspecified atom stereocenters. The molecule has 0 bridgehead atoms. The second kappa shape index (κ2) is 10.3. The number of hydrogen-bond acceptors (Lipinski definition) is 5.